The van der Waals surface area contributed by atoms with E-state index in [2.05, 4.69) is 29.5 Å². The van der Waals surface area contributed by atoms with E-state index >= 15 is 0 Å². The van der Waals surface area contributed by atoms with Gasteiger partial charge in [0.25, 0.3) is 0 Å². The van der Waals surface area contributed by atoms with Gasteiger partial charge in [-0.05, 0) is 24.8 Å². The first-order valence-electron chi connectivity index (χ1n) is 6.27. The van der Waals surface area contributed by atoms with Crippen molar-refractivity contribution in [3.63, 3.8) is 0 Å². The fourth-order valence-corrected chi connectivity index (χ4v) is 1.62. The molecule has 0 aromatic carbocycles. The molecule has 1 aromatic rings. The Balaban J connectivity index is 2.00. The van der Waals surface area contributed by atoms with Crippen LogP contribution in [0, 0.1) is 11.7 Å². The molecule has 17 heavy (non-hydrogen) atoms. The summed E-state index contributed by atoms with van der Waals surface area (Å²) in [4.78, 5) is 4.12. The van der Waals surface area contributed by atoms with Crippen LogP contribution in [0.25, 0.3) is 0 Å². The fourth-order valence-electron chi connectivity index (χ4n) is 1.62. The highest BCUT2D eigenvalue weighted by atomic mass is 19.1. The van der Waals surface area contributed by atoms with Crippen molar-refractivity contribution in [2.24, 2.45) is 5.92 Å². The molecule has 0 radical (unpaired) electrons. The highest BCUT2D eigenvalue weighted by Gasteiger charge is 2.20. The molecular weight excluding hydrogens is 217 g/mol. The average molecular weight is 237 g/mol. The van der Waals surface area contributed by atoms with Crippen LogP contribution in [0.1, 0.15) is 32.3 Å². The zero-order valence-corrected chi connectivity index (χ0v) is 10.5. The van der Waals surface area contributed by atoms with Crippen LogP contribution >= 0.6 is 0 Å². The van der Waals surface area contributed by atoms with E-state index in [0.29, 0.717) is 18.5 Å². The number of aromatic nitrogens is 1. The fraction of sp³-hybridized carbons (Fsp3) is 0.615. The molecule has 2 rings (SSSR count). The summed E-state index contributed by atoms with van der Waals surface area (Å²) in [7, 11) is 0. The molecular formula is C13H20FN3. The van der Waals surface area contributed by atoms with Crippen molar-refractivity contribution < 1.29 is 4.39 Å². The van der Waals surface area contributed by atoms with Gasteiger partial charge < -0.3 is 10.6 Å². The number of halogens is 1. The first-order valence-corrected chi connectivity index (χ1v) is 6.27. The maximum atomic E-state index is 13.2. The molecule has 0 amide bonds. The summed E-state index contributed by atoms with van der Waals surface area (Å²) in [6, 6.07) is 2.18. The molecule has 0 spiro atoms. The van der Waals surface area contributed by atoms with Crippen molar-refractivity contribution in [2.45, 2.75) is 39.3 Å². The molecule has 0 unspecified atom stereocenters. The predicted octanol–water partition coefficient (Wildman–Crippen LogP) is 2.54. The van der Waals surface area contributed by atoms with Crippen LogP contribution < -0.4 is 10.6 Å². The Morgan fingerprint density at radius 3 is 2.88 bits per heavy atom. The van der Waals surface area contributed by atoms with Crippen LogP contribution in [0.5, 0.6) is 0 Å². The zero-order chi connectivity index (χ0) is 12.3. The second-order valence-corrected chi connectivity index (χ2v) is 5.09. The second kappa shape index (κ2) is 5.45. The summed E-state index contributed by atoms with van der Waals surface area (Å²) in [6.07, 6.45) is 3.73. The number of hydrogen-bond acceptors (Lipinski definition) is 3. The van der Waals surface area contributed by atoms with Gasteiger partial charge in [0.1, 0.15) is 11.6 Å². The lowest BCUT2D eigenvalue weighted by atomic mass is 10.2. The lowest BCUT2D eigenvalue weighted by Crippen LogP contribution is -2.18. The Morgan fingerprint density at radius 2 is 2.24 bits per heavy atom. The molecule has 3 nitrogen and oxygen atoms in total. The first-order chi connectivity index (χ1) is 8.15. The monoisotopic (exact) mass is 237 g/mol. The molecule has 0 atom stereocenters. The van der Waals surface area contributed by atoms with Crippen LogP contribution in [0.2, 0.25) is 0 Å². The molecule has 94 valence electrons. The number of anilines is 1. The van der Waals surface area contributed by atoms with Crippen molar-refractivity contribution >= 4 is 5.82 Å². The van der Waals surface area contributed by atoms with Crippen LogP contribution in [0.15, 0.2) is 12.3 Å². The Morgan fingerprint density at radius 1 is 1.47 bits per heavy atom. The maximum absolute atomic E-state index is 13.2. The lowest BCUT2D eigenvalue weighted by Gasteiger charge is -2.13. The minimum absolute atomic E-state index is 0.271. The number of pyridine rings is 1. The predicted molar refractivity (Wildman–Crippen MR) is 67.4 cm³/mol. The van der Waals surface area contributed by atoms with Gasteiger partial charge in [0.15, 0.2) is 0 Å². The molecule has 2 N–H and O–H groups in total. The molecule has 1 saturated carbocycles. The molecule has 1 aliphatic carbocycles. The summed E-state index contributed by atoms with van der Waals surface area (Å²) < 4.78 is 13.2. The number of nitrogens with one attached hydrogen (secondary N) is 2. The van der Waals surface area contributed by atoms with E-state index in [-0.39, 0.29) is 5.82 Å². The van der Waals surface area contributed by atoms with E-state index in [9.17, 15) is 4.39 Å². The highest BCUT2D eigenvalue weighted by Crippen LogP contribution is 2.21. The Kier molecular flexibility index (Phi) is 3.94. The van der Waals surface area contributed by atoms with Crippen molar-refractivity contribution in [1.82, 2.24) is 10.3 Å². The minimum atomic E-state index is -0.271. The number of hydrogen-bond donors (Lipinski definition) is 2. The van der Waals surface area contributed by atoms with Gasteiger partial charge in [-0.15, -0.1) is 0 Å². The SMILES string of the molecule is CC(C)CNc1ncc(F)cc1CNC1CC1. The van der Waals surface area contributed by atoms with E-state index in [1.54, 1.807) is 6.07 Å². The molecule has 1 aromatic heterocycles. The van der Waals surface area contributed by atoms with Gasteiger partial charge in [0.05, 0.1) is 6.20 Å². The number of rotatable bonds is 6. The van der Waals surface area contributed by atoms with Crippen LogP contribution in [-0.2, 0) is 6.54 Å². The van der Waals surface area contributed by atoms with Crippen LogP contribution in [0.4, 0.5) is 10.2 Å². The summed E-state index contributed by atoms with van der Waals surface area (Å²) in [6.45, 7) is 5.82. The van der Waals surface area contributed by atoms with E-state index in [4.69, 9.17) is 0 Å². The third-order valence-electron chi connectivity index (χ3n) is 2.77. The van der Waals surface area contributed by atoms with E-state index in [0.717, 1.165) is 17.9 Å². The largest absolute Gasteiger partial charge is 0.370 e. The van der Waals surface area contributed by atoms with E-state index in [1.165, 1.54) is 19.0 Å². The van der Waals surface area contributed by atoms with Crippen LogP contribution in [0.3, 0.4) is 0 Å². The van der Waals surface area contributed by atoms with Crippen LogP contribution in [-0.4, -0.2) is 17.6 Å². The van der Waals surface area contributed by atoms with Gasteiger partial charge >= 0.3 is 0 Å². The summed E-state index contributed by atoms with van der Waals surface area (Å²) >= 11 is 0. The smallest absolute Gasteiger partial charge is 0.141 e. The molecule has 4 heteroatoms. The molecule has 0 saturated heterocycles. The van der Waals surface area contributed by atoms with Gasteiger partial charge in [-0.25, -0.2) is 9.37 Å². The van der Waals surface area contributed by atoms with Crippen molar-refractivity contribution in [2.75, 3.05) is 11.9 Å². The molecule has 0 bridgehead atoms. The third kappa shape index (κ3) is 3.97. The van der Waals surface area contributed by atoms with Crippen molar-refractivity contribution in [1.29, 1.82) is 0 Å². The number of nitrogens with zero attached hydrogens (tertiary/aromatic N) is 1. The molecule has 1 fully saturated rings. The Hall–Kier alpha value is -1.16. The average Bonchev–Trinajstić information content (AvgIpc) is 3.08. The van der Waals surface area contributed by atoms with Crippen molar-refractivity contribution in [3.8, 4) is 0 Å². The second-order valence-electron chi connectivity index (χ2n) is 5.09. The quantitative estimate of drug-likeness (QED) is 0.798. The minimum Gasteiger partial charge on any atom is -0.370 e. The summed E-state index contributed by atoms with van der Waals surface area (Å²) in [5.41, 5.74) is 0.914. The Labute approximate surface area is 102 Å². The highest BCUT2D eigenvalue weighted by molar-refractivity contribution is 5.44. The van der Waals surface area contributed by atoms with E-state index in [1.807, 2.05) is 0 Å². The lowest BCUT2D eigenvalue weighted by molar-refractivity contribution is 0.611. The molecule has 1 heterocycles. The topological polar surface area (TPSA) is 37.0 Å². The molecule has 0 aliphatic heterocycles. The van der Waals surface area contributed by atoms with Gasteiger partial charge in [0.2, 0.25) is 0 Å². The summed E-state index contributed by atoms with van der Waals surface area (Å²) in [5.74, 6) is 1.08. The normalized spacial score (nSPS) is 15.3. The standard InChI is InChI=1S/C13H20FN3/c1-9(2)6-16-13-10(5-11(14)8-17-13)7-15-12-3-4-12/h5,8-9,12,15H,3-4,6-7H2,1-2H3,(H,16,17). The summed E-state index contributed by atoms with van der Waals surface area (Å²) in [5, 5.41) is 6.65. The van der Waals surface area contributed by atoms with Gasteiger partial charge in [-0.2, -0.15) is 0 Å². The Bertz CT molecular complexity index is 375. The maximum Gasteiger partial charge on any atom is 0.141 e. The first kappa shape index (κ1) is 12.3. The van der Waals surface area contributed by atoms with Crippen molar-refractivity contribution in [3.05, 3.63) is 23.6 Å². The van der Waals surface area contributed by atoms with Gasteiger partial charge in [0, 0.05) is 24.7 Å². The van der Waals surface area contributed by atoms with E-state index < -0.39 is 0 Å². The van der Waals surface area contributed by atoms with Gasteiger partial charge in [-0.3, -0.25) is 0 Å². The third-order valence-corrected chi connectivity index (χ3v) is 2.77. The van der Waals surface area contributed by atoms with Gasteiger partial charge in [-0.1, -0.05) is 13.8 Å². The zero-order valence-electron chi connectivity index (χ0n) is 10.5. The molecule has 1 aliphatic rings.